The molecule has 28 heavy (non-hydrogen) atoms. The summed E-state index contributed by atoms with van der Waals surface area (Å²) < 4.78 is 28.5. The maximum atomic E-state index is 13.4. The fraction of sp³-hybridized carbons (Fsp3) is 0.350. The number of aryl methyl sites for hydroxylation is 1. The molecule has 0 aliphatic carbocycles. The average molecular weight is 385 g/mol. The van der Waals surface area contributed by atoms with Crippen LogP contribution >= 0.6 is 0 Å². The number of likely N-dealkylation sites (tertiary alicyclic amines) is 1. The van der Waals surface area contributed by atoms with E-state index in [0.29, 0.717) is 31.1 Å². The summed E-state index contributed by atoms with van der Waals surface area (Å²) in [6.45, 7) is 2.90. The van der Waals surface area contributed by atoms with Crippen LogP contribution in [0.1, 0.15) is 34.8 Å². The van der Waals surface area contributed by atoms with Gasteiger partial charge in [-0.05, 0) is 31.2 Å². The number of pyridine rings is 2. The Kier molecular flexibility index (Phi) is 4.80. The molecule has 1 aliphatic heterocycles. The lowest BCUT2D eigenvalue weighted by molar-refractivity contribution is -0.0567. The Morgan fingerprint density at radius 2 is 1.93 bits per heavy atom. The van der Waals surface area contributed by atoms with Crippen LogP contribution in [0.25, 0.3) is 5.52 Å². The van der Waals surface area contributed by atoms with E-state index < -0.39 is 5.92 Å². The maximum absolute atomic E-state index is 13.4. The van der Waals surface area contributed by atoms with Crippen molar-refractivity contribution in [3.05, 3.63) is 59.8 Å². The van der Waals surface area contributed by atoms with Crippen LogP contribution in [0.4, 0.5) is 14.6 Å². The predicted molar refractivity (Wildman–Crippen MR) is 102 cm³/mol. The smallest absolute Gasteiger partial charge is 0.293 e. The van der Waals surface area contributed by atoms with Crippen molar-refractivity contribution in [3.8, 4) is 0 Å². The molecule has 1 N–H and O–H groups in total. The number of rotatable bonds is 4. The summed E-state index contributed by atoms with van der Waals surface area (Å²) in [4.78, 5) is 23.6. The molecule has 1 fully saturated rings. The lowest BCUT2D eigenvalue weighted by Crippen LogP contribution is -2.38. The summed E-state index contributed by atoms with van der Waals surface area (Å²) in [5.74, 6) is -2.25. The van der Waals surface area contributed by atoms with Gasteiger partial charge in [0, 0.05) is 44.4 Å². The molecule has 4 rings (SSSR count). The summed E-state index contributed by atoms with van der Waals surface area (Å²) in [5.41, 5.74) is 2.30. The molecular weight excluding hydrogens is 364 g/mol. The molecule has 0 bridgehead atoms. The highest BCUT2D eigenvalue weighted by atomic mass is 19.3. The third kappa shape index (κ3) is 3.87. The topological polar surface area (TPSA) is 62.5 Å². The number of fused-ring (bicyclic) bond motifs is 1. The minimum Gasteiger partial charge on any atom is -0.304 e. The van der Waals surface area contributed by atoms with Crippen molar-refractivity contribution in [1.29, 1.82) is 0 Å². The summed E-state index contributed by atoms with van der Waals surface area (Å²) in [7, 11) is 0. The van der Waals surface area contributed by atoms with Gasteiger partial charge in [-0.1, -0.05) is 12.1 Å². The number of amides is 1. The van der Waals surface area contributed by atoms with Crippen molar-refractivity contribution >= 4 is 17.2 Å². The molecule has 3 aromatic heterocycles. The molecule has 4 heterocycles. The largest absolute Gasteiger partial charge is 0.304 e. The molecule has 0 radical (unpaired) electrons. The van der Waals surface area contributed by atoms with Gasteiger partial charge in [0.05, 0.1) is 11.2 Å². The van der Waals surface area contributed by atoms with E-state index in [1.54, 1.807) is 16.7 Å². The highest BCUT2D eigenvalue weighted by molar-refractivity contribution is 6.02. The zero-order valence-electron chi connectivity index (χ0n) is 15.5. The molecule has 146 valence electrons. The number of piperidine rings is 1. The van der Waals surface area contributed by atoms with Crippen LogP contribution in [-0.4, -0.2) is 44.2 Å². The maximum Gasteiger partial charge on any atom is 0.293 e. The first-order chi connectivity index (χ1) is 13.4. The summed E-state index contributed by atoms with van der Waals surface area (Å²) in [5, 5.41) is 2.77. The minimum absolute atomic E-state index is 0.148. The van der Waals surface area contributed by atoms with Crippen LogP contribution in [0, 0.1) is 6.92 Å². The second kappa shape index (κ2) is 7.27. The number of imidazole rings is 1. The van der Waals surface area contributed by atoms with Gasteiger partial charge in [0.25, 0.3) is 11.8 Å². The number of hydrogen-bond donors (Lipinski definition) is 1. The van der Waals surface area contributed by atoms with Gasteiger partial charge >= 0.3 is 0 Å². The zero-order valence-corrected chi connectivity index (χ0v) is 15.5. The van der Waals surface area contributed by atoms with E-state index in [1.807, 2.05) is 42.2 Å². The molecule has 0 unspecified atom stereocenters. The van der Waals surface area contributed by atoms with Crippen LogP contribution in [-0.2, 0) is 6.54 Å². The molecule has 3 aromatic rings. The number of carbonyl (C=O) groups excluding carboxylic acids is 1. The summed E-state index contributed by atoms with van der Waals surface area (Å²) in [6, 6.07) is 11.0. The molecule has 1 amide bonds. The van der Waals surface area contributed by atoms with Crippen molar-refractivity contribution in [2.75, 3.05) is 18.4 Å². The zero-order chi connectivity index (χ0) is 19.7. The van der Waals surface area contributed by atoms with E-state index >= 15 is 0 Å². The Hall–Kier alpha value is -2.87. The number of halogens is 2. The first-order valence-corrected chi connectivity index (χ1v) is 9.22. The van der Waals surface area contributed by atoms with E-state index in [9.17, 15) is 13.6 Å². The number of nitrogens with one attached hydrogen (secondary N) is 1. The molecule has 6 nitrogen and oxygen atoms in total. The Labute approximate surface area is 161 Å². The van der Waals surface area contributed by atoms with Gasteiger partial charge < -0.3 is 5.32 Å². The van der Waals surface area contributed by atoms with Gasteiger partial charge in [-0.15, -0.1) is 0 Å². The minimum atomic E-state index is -2.58. The van der Waals surface area contributed by atoms with E-state index in [0.717, 1.165) is 11.2 Å². The fourth-order valence-corrected chi connectivity index (χ4v) is 3.41. The monoisotopic (exact) mass is 385 g/mol. The van der Waals surface area contributed by atoms with E-state index in [1.165, 1.54) is 0 Å². The van der Waals surface area contributed by atoms with Gasteiger partial charge in [-0.25, -0.2) is 18.7 Å². The van der Waals surface area contributed by atoms with E-state index in [2.05, 4.69) is 15.3 Å². The Morgan fingerprint density at radius 3 is 2.68 bits per heavy atom. The van der Waals surface area contributed by atoms with Crippen molar-refractivity contribution in [2.24, 2.45) is 0 Å². The SMILES string of the molecule is Cc1cccc(NC(=O)c2nc(CN3CCC(F)(F)CC3)c3ccccn23)n1. The first kappa shape index (κ1) is 18.5. The van der Waals surface area contributed by atoms with Crippen LogP contribution < -0.4 is 5.32 Å². The average Bonchev–Trinajstić information content (AvgIpc) is 3.02. The van der Waals surface area contributed by atoms with Gasteiger partial charge in [0.1, 0.15) is 5.82 Å². The molecule has 0 saturated carbocycles. The van der Waals surface area contributed by atoms with E-state index in [4.69, 9.17) is 0 Å². The normalized spacial score (nSPS) is 17.0. The quantitative estimate of drug-likeness (QED) is 0.746. The molecule has 1 aliphatic rings. The number of aromatic nitrogens is 3. The number of anilines is 1. The molecule has 0 spiro atoms. The lowest BCUT2D eigenvalue weighted by Gasteiger charge is -2.31. The lowest BCUT2D eigenvalue weighted by atomic mass is 10.1. The molecule has 0 aromatic carbocycles. The number of alkyl halides is 2. The van der Waals surface area contributed by atoms with Crippen molar-refractivity contribution in [3.63, 3.8) is 0 Å². The molecule has 8 heteroatoms. The van der Waals surface area contributed by atoms with E-state index in [-0.39, 0.29) is 24.6 Å². The highest BCUT2D eigenvalue weighted by Crippen LogP contribution is 2.28. The Balaban J connectivity index is 1.58. The van der Waals surface area contributed by atoms with Gasteiger partial charge in [0.2, 0.25) is 5.82 Å². The van der Waals surface area contributed by atoms with Gasteiger partial charge in [0.15, 0.2) is 0 Å². The predicted octanol–water partition coefficient (Wildman–Crippen LogP) is 3.52. The second-order valence-electron chi connectivity index (χ2n) is 7.09. The molecule has 0 atom stereocenters. The highest BCUT2D eigenvalue weighted by Gasteiger charge is 2.34. The third-order valence-electron chi connectivity index (χ3n) is 4.92. The van der Waals surface area contributed by atoms with Crippen molar-refractivity contribution in [2.45, 2.75) is 32.2 Å². The third-order valence-corrected chi connectivity index (χ3v) is 4.92. The van der Waals surface area contributed by atoms with Crippen LogP contribution in [0.3, 0.4) is 0 Å². The van der Waals surface area contributed by atoms with Gasteiger partial charge in [-0.3, -0.25) is 14.1 Å². The van der Waals surface area contributed by atoms with Gasteiger partial charge in [-0.2, -0.15) is 0 Å². The van der Waals surface area contributed by atoms with Crippen LogP contribution in [0.2, 0.25) is 0 Å². The van der Waals surface area contributed by atoms with Crippen LogP contribution in [0.5, 0.6) is 0 Å². The second-order valence-corrected chi connectivity index (χ2v) is 7.09. The fourth-order valence-electron chi connectivity index (χ4n) is 3.41. The number of carbonyl (C=O) groups is 1. The number of hydrogen-bond acceptors (Lipinski definition) is 4. The summed E-state index contributed by atoms with van der Waals surface area (Å²) in [6.07, 6.45) is 1.48. The van der Waals surface area contributed by atoms with Crippen molar-refractivity contribution in [1.82, 2.24) is 19.3 Å². The number of nitrogens with zero attached hydrogens (tertiary/aromatic N) is 4. The van der Waals surface area contributed by atoms with Crippen molar-refractivity contribution < 1.29 is 13.6 Å². The molecular formula is C20H21F2N5O. The molecule has 1 saturated heterocycles. The first-order valence-electron chi connectivity index (χ1n) is 9.22. The Bertz CT molecular complexity index is 1010. The van der Waals surface area contributed by atoms with Crippen LogP contribution in [0.15, 0.2) is 42.6 Å². The summed E-state index contributed by atoms with van der Waals surface area (Å²) >= 11 is 0. The standard InChI is InChI=1S/C20H21F2N5O/c1-14-5-4-7-17(23-14)25-19(28)18-24-15(16-6-2-3-10-27(16)18)13-26-11-8-20(21,22)9-12-26/h2-7,10H,8-9,11-13H2,1H3,(H,23,25,28). The Morgan fingerprint density at radius 1 is 1.14 bits per heavy atom.